The van der Waals surface area contributed by atoms with Crippen LogP contribution < -0.4 is 10.6 Å². The van der Waals surface area contributed by atoms with Crippen LogP contribution in [0.25, 0.3) is 0 Å². The van der Waals surface area contributed by atoms with E-state index in [1.54, 1.807) is 5.57 Å². The summed E-state index contributed by atoms with van der Waals surface area (Å²) in [5, 5.41) is 6.48. The first kappa shape index (κ1) is 13.1. The molecule has 3 nitrogen and oxygen atoms in total. The molecule has 0 aromatic rings. The zero-order chi connectivity index (χ0) is 11.6. The maximum atomic E-state index is 4.55. The van der Waals surface area contributed by atoms with E-state index in [9.17, 15) is 0 Å². The number of nitrogens with one attached hydrogen (secondary N) is 2. The van der Waals surface area contributed by atoms with Crippen molar-refractivity contribution in [1.29, 1.82) is 0 Å². The molecule has 0 amide bonds. The highest BCUT2D eigenvalue weighted by Gasteiger charge is 2.02. The lowest BCUT2D eigenvalue weighted by atomic mass is 9.97. The molecule has 0 bridgehead atoms. The number of hydrogen-bond donors (Lipinski definition) is 2. The first-order valence-electron chi connectivity index (χ1n) is 6.57. The van der Waals surface area contributed by atoms with Crippen LogP contribution in [0.3, 0.4) is 0 Å². The van der Waals surface area contributed by atoms with Gasteiger partial charge in [-0.25, -0.2) is 0 Å². The van der Waals surface area contributed by atoms with Gasteiger partial charge in [-0.05, 0) is 46.0 Å². The minimum absolute atomic E-state index is 0.904. The summed E-state index contributed by atoms with van der Waals surface area (Å²) in [5.41, 5.74) is 1.60. The van der Waals surface area contributed by atoms with Crippen LogP contribution >= 0.6 is 0 Å². The predicted octanol–water partition coefficient (Wildman–Crippen LogP) is 2.45. The molecule has 92 valence electrons. The molecule has 0 aromatic carbocycles. The molecule has 1 rings (SSSR count). The van der Waals surface area contributed by atoms with Crippen LogP contribution in [0.2, 0.25) is 0 Å². The zero-order valence-electron chi connectivity index (χ0n) is 10.7. The summed E-state index contributed by atoms with van der Waals surface area (Å²) in [6, 6.07) is 0. The SMILES string of the molecule is CCNC(=NCCC1=CCCCC1)NCC. The van der Waals surface area contributed by atoms with Crippen molar-refractivity contribution in [2.75, 3.05) is 19.6 Å². The van der Waals surface area contributed by atoms with Crippen molar-refractivity contribution in [1.82, 2.24) is 10.6 Å². The normalized spacial score (nSPS) is 15.2. The lowest BCUT2D eigenvalue weighted by molar-refractivity contribution is 0.675. The first-order chi connectivity index (χ1) is 7.86. The number of nitrogens with zero attached hydrogens (tertiary/aromatic N) is 1. The Morgan fingerprint density at radius 3 is 2.56 bits per heavy atom. The highest BCUT2D eigenvalue weighted by atomic mass is 15.2. The second-order valence-electron chi connectivity index (χ2n) is 4.15. The molecule has 0 radical (unpaired) electrons. The van der Waals surface area contributed by atoms with Gasteiger partial charge in [0.15, 0.2) is 5.96 Å². The number of guanidine groups is 1. The average Bonchev–Trinajstić information content (AvgIpc) is 2.31. The topological polar surface area (TPSA) is 36.4 Å². The van der Waals surface area contributed by atoms with Gasteiger partial charge in [0.1, 0.15) is 0 Å². The summed E-state index contributed by atoms with van der Waals surface area (Å²) in [6.45, 7) is 6.94. The standard InChI is InChI=1S/C13H25N3/c1-3-14-13(15-4-2)16-11-10-12-8-6-5-7-9-12/h8H,3-7,9-11H2,1-2H3,(H2,14,15,16). The van der Waals surface area contributed by atoms with Gasteiger partial charge in [-0.1, -0.05) is 11.6 Å². The number of rotatable bonds is 5. The highest BCUT2D eigenvalue weighted by Crippen LogP contribution is 2.19. The average molecular weight is 223 g/mol. The molecule has 0 saturated carbocycles. The Labute approximate surface area is 99.4 Å². The Morgan fingerprint density at radius 2 is 2.00 bits per heavy atom. The van der Waals surface area contributed by atoms with Crippen LogP contribution in [-0.4, -0.2) is 25.6 Å². The predicted molar refractivity (Wildman–Crippen MR) is 70.8 cm³/mol. The molecule has 1 aliphatic carbocycles. The lowest BCUT2D eigenvalue weighted by Crippen LogP contribution is -2.37. The van der Waals surface area contributed by atoms with Gasteiger partial charge < -0.3 is 10.6 Å². The van der Waals surface area contributed by atoms with E-state index in [1.807, 2.05) is 0 Å². The largest absolute Gasteiger partial charge is 0.357 e. The Bertz CT molecular complexity index is 236. The van der Waals surface area contributed by atoms with Gasteiger partial charge in [0.2, 0.25) is 0 Å². The van der Waals surface area contributed by atoms with Gasteiger partial charge in [0, 0.05) is 19.6 Å². The minimum Gasteiger partial charge on any atom is -0.357 e. The van der Waals surface area contributed by atoms with Gasteiger partial charge in [0.25, 0.3) is 0 Å². The van der Waals surface area contributed by atoms with E-state index in [-0.39, 0.29) is 0 Å². The van der Waals surface area contributed by atoms with E-state index in [0.29, 0.717) is 0 Å². The second kappa shape index (κ2) is 8.20. The van der Waals surface area contributed by atoms with Crippen molar-refractivity contribution in [3.63, 3.8) is 0 Å². The van der Waals surface area contributed by atoms with E-state index >= 15 is 0 Å². The fourth-order valence-corrected chi connectivity index (χ4v) is 1.95. The number of aliphatic imine (C=N–C) groups is 1. The maximum absolute atomic E-state index is 4.55. The lowest BCUT2D eigenvalue weighted by Gasteiger charge is -2.12. The number of hydrogen-bond acceptors (Lipinski definition) is 1. The van der Waals surface area contributed by atoms with Gasteiger partial charge in [-0.15, -0.1) is 0 Å². The molecule has 0 heterocycles. The van der Waals surface area contributed by atoms with E-state index in [0.717, 1.165) is 32.0 Å². The molecular formula is C13H25N3. The molecule has 0 aromatic heterocycles. The molecule has 0 fully saturated rings. The quantitative estimate of drug-likeness (QED) is 0.427. The molecule has 0 aliphatic heterocycles. The van der Waals surface area contributed by atoms with E-state index in [1.165, 1.54) is 25.7 Å². The Hall–Kier alpha value is -0.990. The summed E-state index contributed by atoms with van der Waals surface area (Å²) < 4.78 is 0. The first-order valence-corrected chi connectivity index (χ1v) is 6.57. The number of allylic oxidation sites excluding steroid dienone is 1. The van der Waals surface area contributed by atoms with Crippen molar-refractivity contribution in [3.8, 4) is 0 Å². The Kier molecular flexibility index (Phi) is 6.70. The van der Waals surface area contributed by atoms with Crippen LogP contribution in [0.5, 0.6) is 0 Å². The van der Waals surface area contributed by atoms with Crippen LogP contribution in [0.15, 0.2) is 16.6 Å². The summed E-state index contributed by atoms with van der Waals surface area (Å²) in [6.07, 6.45) is 8.81. The summed E-state index contributed by atoms with van der Waals surface area (Å²) in [5.74, 6) is 0.946. The van der Waals surface area contributed by atoms with E-state index < -0.39 is 0 Å². The third-order valence-corrected chi connectivity index (χ3v) is 2.78. The van der Waals surface area contributed by atoms with Gasteiger partial charge in [-0.3, -0.25) is 4.99 Å². The molecule has 16 heavy (non-hydrogen) atoms. The van der Waals surface area contributed by atoms with E-state index in [4.69, 9.17) is 0 Å². The molecule has 0 spiro atoms. The second-order valence-corrected chi connectivity index (χ2v) is 4.15. The molecule has 3 heteroatoms. The third kappa shape index (κ3) is 5.19. The monoisotopic (exact) mass is 223 g/mol. The zero-order valence-corrected chi connectivity index (χ0v) is 10.7. The van der Waals surface area contributed by atoms with Crippen LogP contribution in [0.1, 0.15) is 46.0 Å². The Morgan fingerprint density at radius 1 is 1.25 bits per heavy atom. The minimum atomic E-state index is 0.904. The highest BCUT2D eigenvalue weighted by molar-refractivity contribution is 5.79. The van der Waals surface area contributed by atoms with Crippen LogP contribution in [-0.2, 0) is 0 Å². The van der Waals surface area contributed by atoms with Crippen molar-refractivity contribution >= 4 is 5.96 Å². The van der Waals surface area contributed by atoms with E-state index in [2.05, 4.69) is 35.5 Å². The molecule has 1 aliphatic rings. The molecule has 0 unspecified atom stereocenters. The maximum Gasteiger partial charge on any atom is 0.191 e. The molecule has 2 N–H and O–H groups in total. The fraction of sp³-hybridized carbons (Fsp3) is 0.769. The van der Waals surface area contributed by atoms with Crippen molar-refractivity contribution in [2.24, 2.45) is 4.99 Å². The Balaban J connectivity index is 2.28. The van der Waals surface area contributed by atoms with Crippen LogP contribution in [0, 0.1) is 0 Å². The molecule has 0 saturated heterocycles. The summed E-state index contributed by atoms with van der Waals surface area (Å²) in [7, 11) is 0. The van der Waals surface area contributed by atoms with Gasteiger partial charge in [0.05, 0.1) is 0 Å². The third-order valence-electron chi connectivity index (χ3n) is 2.78. The smallest absolute Gasteiger partial charge is 0.191 e. The van der Waals surface area contributed by atoms with Gasteiger partial charge in [-0.2, -0.15) is 0 Å². The molecular weight excluding hydrogens is 198 g/mol. The summed E-state index contributed by atoms with van der Waals surface area (Å²) >= 11 is 0. The summed E-state index contributed by atoms with van der Waals surface area (Å²) in [4.78, 5) is 4.55. The fourth-order valence-electron chi connectivity index (χ4n) is 1.95. The molecule has 0 atom stereocenters. The van der Waals surface area contributed by atoms with Crippen molar-refractivity contribution < 1.29 is 0 Å². The van der Waals surface area contributed by atoms with Crippen molar-refractivity contribution in [2.45, 2.75) is 46.0 Å². The van der Waals surface area contributed by atoms with Gasteiger partial charge >= 0.3 is 0 Å². The van der Waals surface area contributed by atoms with Crippen molar-refractivity contribution in [3.05, 3.63) is 11.6 Å². The van der Waals surface area contributed by atoms with Crippen LogP contribution in [0.4, 0.5) is 0 Å².